The standard InChI is InChI=1S/C27H28N2O4S/c1-17-6-5-7-20(12-17)16-33-23-11-9-19(14-24(23)32-4)15-25-26(30)29-27(34-25)28-21-13-18(2)8-10-22(21)31-3/h5-15,27-28H,16H2,1-4H3,(H,29,30)/b25-15-. The van der Waals surface area contributed by atoms with Crippen LogP contribution in [0.5, 0.6) is 17.2 Å². The number of anilines is 1. The Morgan fingerprint density at radius 1 is 0.941 bits per heavy atom. The van der Waals surface area contributed by atoms with Crippen LogP contribution in [-0.4, -0.2) is 25.6 Å². The number of aryl methyl sites for hydroxylation is 2. The van der Waals surface area contributed by atoms with Gasteiger partial charge in [-0.1, -0.05) is 53.7 Å². The van der Waals surface area contributed by atoms with E-state index in [2.05, 4.69) is 29.7 Å². The number of carbonyl (C=O) groups excluding carboxylic acids is 1. The molecule has 0 radical (unpaired) electrons. The topological polar surface area (TPSA) is 68.8 Å². The maximum Gasteiger partial charge on any atom is 0.260 e. The molecule has 0 saturated carbocycles. The summed E-state index contributed by atoms with van der Waals surface area (Å²) in [4.78, 5) is 13.2. The van der Waals surface area contributed by atoms with Gasteiger partial charge in [0.1, 0.15) is 12.4 Å². The zero-order valence-corrected chi connectivity index (χ0v) is 20.5. The zero-order chi connectivity index (χ0) is 24.1. The number of benzene rings is 3. The lowest BCUT2D eigenvalue weighted by atomic mass is 10.1. The van der Waals surface area contributed by atoms with Gasteiger partial charge in [-0.05, 0) is 60.9 Å². The van der Waals surface area contributed by atoms with Crippen LogP contribution in [-0.2, 0) is 11.4 Å². The number of ether oxygens (including phenoxy) is 3. The molecular formula is C27H28N2O4S. The van der Waals surface area contributed by atoms with Crippen molar-refractivity contribution in [1.82, 2.24) is 5.32 Å². The smallest absolute Gasteiger partial charge is 0.260 e. The van der Waals surface area contributed by atoms with Crippen LogP contribution in [0.3, 0.4) is 0 Å². The Bertz CT molecular complexity index is 1230. The number of thioether (sulfide) groups is 1. The number of methoxy groups -OCH3 is 2. The van der Waals surface area contributed by atoms with Gasteiger partial charge >= 0.3 is 0 Å². The lowest BCUT2D eigenvalue weighted by Crippen LogP contribution is -2.31. The molecule has 6 nitrogen and oxygen atoms in total. The second kappa shape index (κ2) is 10.6. The van der Waals surface area contributed by atoms with Crippen LogP contribution in [0.2, 0.25) is 0 Å². The molecule has 2 N–H and O–H groups in total. The summed E-state index contributed by atoms with van der Waals surface area (Å²) in [6.07, 6.45) is 1.85. The van der Waals surface area contributed by atoms with Crippen molar-refractivity contribution in [1.29, 1.82) is 0 Å². The number of amides is 1. The summed E-state index contributed by atoms with van der Waals surface area (Å²) in [5, 5.41) is 6.30. The summed E-state index contributed by atoms with van der Waals surface area (Å²) in [5.41, 5.74) is 4.77. The van der Waals surface area contributed by atoms with E-state index in [1.807, 2.05) is 61.5 Å². The minimum Gasteiger partial charge on any atom is -0.495 e. The van der Waals surface area contributed by atoms with Gasteiger partial charge in [-0.3, -0.25) is 4.79 Å². The summed E-state index contributed by atoms with van der Waals surface area (Å²) in [7, 11) is 3.24. The van der Waals surface area contributed by atoms with Gasteiger partial charge < -0.3 is 24.8 Å². The third-order valence-corrected chi connectivity index (χ3v) is 6.36. The van der Waals surface area contributed by atoms with Crippen LogP contribution >= 0.6 is 11.8 Å². The first-order valence-electron chi connectivity index (χ1n) is 10.9. The van der Waals surface area contributed by atoms with Crippen molar-refractivity contribution in [3.63, 3.8) is 0 Å². The molecule has 3 aromatic carbocycles. The van der Waals surface area contributed by atoms with Gasteiger partial charge in [-0.2, -0.15) is 0 Å². The highest BCUT2D eigenvalue weighted by atomic mass is 32.2. The monoisotopic (exact) mass is 476 g/mol. The van der Waals surface area contributed by atoms with Crippen LogP contribution in [0, 0.1) is 13.8 Å². The summed E-state index contributed by atoms with van der Waals surface area (Å²) in [5.74, 6) is 1.86. The number of hydrogen-bond acceptors (Lipinski definition) is 6. The van der Waals surface area contributed by atoms with Crippen molar-refractivity contribution >= 4 is 29.4 Å². The molecule has 1 aliphatic heterocycles. The molecule has 0 aromatic heterocycles. The molecule has 0 spiro atoms. The fraction of sp³-hybridized carbons (Fsp3) is 0.222. The summed E-state index contributed by atoms with van der Waals surface area (Å²) < 4.78 is 16.9. The molecule has 1 atom stereocenters. The first-order chi connectivity index (χ1) is 16.4. The summed E-state index contributed by atoms with van der Waals surface area (Å²) in [6, 6.07) is 19.7. The van der Waals surface area contributed by atoms with E-state index in [1.54, 1.807) is 14.2 Å². The maximum atomic E-state index is 12.6. The Labute approximate surface area is 204 Å². The molecule has 34 heavy (non-hydrogen) atoms. The highest BCUT2D eigenvalue weighted by Gasteiger charge is 2.28. The maximum absolute atomic E-state index is 12.6. The summed E-state index contributed by atoms with van der Waals surface area (Å²) >= 11 is 1.42. The number of nitrogens with one attached hydrogen (secondary N) is 2. The van der Waals surface area contributed by atoms with Crippen molar-refractivity contribution in [2.75, 3.05) is 19.5 Å². The van der Waals surface area contributed by atoms with E-state index >= 15 is 0 Å². The fourth-order valence-corrected chi connectivity index (χ4v) is 4.62. The van der Waals surface area contributed by atoms with E-state index in [0.29, 0.717) is 23.0 Å². The van der Waals surface area contributed by atoms with Crippen molar-refractivity contribution in [3.05, 3.63) is 87.8 Å². The highest BCUT2D eigenvalue weighted by Crippen LogP contribution is 2.35. The van der Waals surface area contributed by atoms with Crippen molar-refractivity contribution in [2.45, 2.75) is 26.0 Å². The van der Waals surface area contributed by atoms with Gasteiger partial charge in [0.2, 0.25) is 0 Å². The Morgan fingerprint density at radius 3 is 2.47 bits per heavy atom. The van der Waals surface area contributed by atoms with Gasteiger partial charge in [0.15, 0.2) is 17.0 Å². The van der Waals surface area contributed by atoms with E-state index in [4.69, 9.17) is 14.2 Å². The Morgan fingerprint density at radius 2 is 1.71 bits per heavy atom. The van der Waals surface area contributed by atoms with Crippen LogP contribution < -0.4 is 24.8 Å². The molecule has 1 aliphatic rings. The second-order valence-electron chi connectivity index (χ2n) is 8.02. The number of carbonyl (C=O) groups is 1. The molecular weight excluding hydrogens is 448 g/mol. The van der Waals surface area contributed by atoms with E-state index in [-0.39, 0.29) is 11.4 Å². The minimum atomic E-state index is -0.298. The predicted molar refractivity (Wildman–Crippen MR) is 137 cm³/mol. The number of hydrogen-bond donors (Lipinski definition) is 2. The van der Waals surface area contributed by atoms with Crippen molar-refractivity contribution in [3.8, 4) is 17.2 Å². The molecule has 1 amide bonds. The van der Waals surface area contributed by atoms with Gasteiger partial charge in [0, 0.05) is 0 Å². The van der Waals surface area contributed by atoms with Crippen LogP contribution in [0.1, 0.15) is 22.3 Å². The molecule has 1 heterocycles. The van der Waals surface area contributed by atoms with Crippen LogP contribution in [0.4, 0.5) is 5.69 Å². The first kappa shape index (κ1) is 23.6. The van der Waals surface area contributed by atoms with E-state index in [0.717, 1.165) is 28.1 Å². The van der Waals surface area contributed by atoms with Gasteiger partial charge in [0.05, 0.1) is 24.8 Å². The molecule has 1 fully saturated rings. The molecule has 176 valence electrons. The molecule has 1 unspecified atom stereocenters. The predicted octanol–water partition coefficient (Wildman–Crippen LogP) is 5.50. The van der Waals surface area contributed by atoms with Gasteiger partial charge in [-0.15, -0.1) is 0 Å². The SMILES string of the molecule is COc1ccc(C)cc1NC1NC(=O)/C(=C/c2ccc(OCc3cccc(C)c3)c(OC)c2)S1. The Hall–Kier alpha value is -3.58. The molecule has 7 heteroatoms. The van der Waals surface area contributed by atoms with Crippen molar-refractivity contribution < 1.29 is 19.0 Å². The minimum absolute atomic E-state index is 0.132. The van der Waals surface area contributed by atoms with E-state index in [1.165, 1.54) is 17.3 Å². The Kier molecular flexibility index (Phi) is 7.33. The lowest BCUT2D eigenvalue weighted by Gasteiger charge is -2.16. The average Bonchev–Trinajstić information content (AvgIpc) is 3.16. The molecule has 1 saturated heterocycles. The van der Waals surface area contributed by atoms with E-state index in [9.17, 15) is 4.79 Å². The molecule has 3 aromatic rings. The second-order valence-corrected chi connectivity index (χ2v) is 9.16. The lowest BCUT2D eigenvalue weighted by molar-refractivity contribution is -0.116. The third-order valence-electron chi connectivity index (χ3n) is 5.33. The quantitative estimate of drug-likeness (QED) is 0.419. The van der Waals surface area contributed by atoms with Crippen LogP contribution in [0.25, 0.3) is 6.08 Å². The third kappa shape index (κ3) is 5.66. The molecule has 0 bridgehead atoms. The molecule has 0 aliphatic carbocycles. The van der Waals surface area contributed by atoms with Gasteiger partial charge in [-0.25, -0.2) is 0 Å². The Balaban J connectivity index is 1.46. The fourth-order valence-electron chi connectivity index (χ4n) is 3.65. The number of rotatable bonds is 8. The van der Waals surface area contributed by atoms with Crippen LogP contribution in [0.15, 0.2) is 65.6 Å². The van der Waals surface area contributed by atoms with Crippen molar-refractivity contribution in [2.24, 2.45) is 0 Å². The average molecular weight is 477 g/mol. The molecule has 4 rings (SSSR count). The summed E-state index contributed by atoms with van der Waals surface area (Å²) in [6.45, 7) is 4.52. The van der Waals surface area contributed by atoms with E-state index < -0.39 is 0 Å². The normalized spacial score (nSPS) is 16.3. The van der Waals surface area contributed by atoms with Gasteiger partial charge in [0.25, 0.3) is 5.91 Å². The zero-order valence-electron chi connectivity index (χ0n) is 19.7. The first-order valence-corrected chi connectivity index (χ1v) is 11.8. The highest BCUT2D eigenvalue weighted by molar-refractivity contribution is 8.05. The largest absolute Gasteiger partial charge is 0.495 e.